The number of nitro benzene ring substituents is 1. The number of carboxylic acid groups (broad SMARTS) is 1. The number of sulfonamides is 1. The minimum absolute atomic E-state index is 0.138. The van der Waals surface area contributed by atoms with Crippen LogP contribution in [0.3, 0.4) is 0 Å². The third-order valence-corrected chi connectivity index (χ3v) is 4.54. The Bertz CT molecular complexity index is 938. The molecule has 0 radical (unpaired) electrons. The fraction of sp³-hybridized carbons (Fsp3) is 0.0714. The molecular weight excluding hydrogens is 340 g/mol. The van der Waals surface area contributed by atoms with Crippen LogP contribution in [0.4, 0.5) is 11.4 Å². The molecule has 0 aliphatic rings. The molecule has 0 saturated heterocycles. The van der Waals surface area contributed by atoms with E-state index in [0.29, 0.717) is 11.6 Å². The summed E-state index contributed by atoms with van der Waals surface area (Å²) in [7, 11) is -4.29. The monoisotopic (exact) mass is 352 g/mol. The Morgan fingerprint density at radius 2 is 1.92 bits per heavy atom. The van der Waals surface area contributed by atoms with Gasteiger partial charge in [-0.25, -0.2) is 13.2 Å². The van der Waals surface area contributed by atoms with Gasteiger partial charge in [0, 0.05) is 6.07 Å². The average Bonchev–Trinajstić information content (AvgIpc) is 2.48. The number of nitrogens with zero attached hydrogens (tertiary/aromatic N) is 1. The lowest BCUT2D eigenvalue weighted by molar-refractivity contribution is -0.386. The maximum Gasteiger partial charge on any atom is 0.337 e. The lowest BCUT2D eigenvalue weighted by atomic mass is 10.1. The van der Waals surface area contributed by atoms with E-state index >= 15 is 0 Å². The molecule has 126 valence electrons. The zero-order valence-electron chi connectivity index (χ0n) is 12.3. The van der Waals surface area contributed by atoms with Gasteiger partial charge in [-0.1, -0.05) is 12.1 Å². The Morgan fingerprint density at radius 3 is 2.50 bits per heavy atom. The molecule has 0 aliphatic carbocycles. The van der Waals surface area contributed by atoms with Crippen LogP contribution >= 0.6 is 0 Å². The van der Waals surface area contributed by atoms with Crippen molar-refractivity contribution < 1.29 is 28.3 Å². The van der Waals surface area contributed by atoms with E-state index in [4.69, 9.17) is 5.11 Å². The van der Waals surface area contributed by atoms with Crippen molar-refractivity contribution in [1.29, 1.82) is 0 Å². The molecule has 2 aromatic carbocycles. The highest BCUT2D eigenvalue weighted by atomic mass is 32.2. The summed E-state index contributed by atoms with van der Waals surface area (Å²) >= 11 is 0. The summed E-state index contributed by atoms with van der Waals surface area (Å²) in [5.41, 5.74) is -0.805. The molecule has 0 atom stereocenters. The standard InChI is InChI=1S/C14H12N2O7S/c1-8-3-2-4-10(14(18)19)13(8)15-24(22,23)9-5-6-12(17)11(7-9)16(20)21/h2-7,15,17H,1H3,(H,18,19). The number of carboxylic acids is 1. The Labute approximate surface area is 136 Å². The third kappa shape index (κ3) is 3.27. The van der Waals surface area contributed by atoms with Gasteiger partial charge in [0.2, 0.25) is 0 Å². The molecule has 0 unspecified atom stereocenters. The molecule has 0 spiro atoms. The predicted octanol–water partition coefficient (Wildman–Crippen LogP) is 2.11. The number of nitro groups is 1. The number of nitrogens with one attached hydrogen (secondary N) is 1. The maximum atomic E-state index is 12.4. The van der Waals surface area contributed by atoms with Crippen LogP contribution in [-0.4, -0.2) is 29.5 Å². The van der Waals surface area contributed by atoms with Crippen LogP contribution in [-0.2, 0) is 10.0 Å². The average molecular weight is 352 g/mol. The Kier molecular flexibility index (Phi) is 4.42. The van der Waals surface area contributed by atoms with Gasteiger partial charge in [0.25, 0.3) is 10.0 Å². The second-order valence-corrected chi connectivity index (χ2v) is 6.50. The van der Waals surface area contributed by atoms with E-state index in [2.05, 4.69) is 4.72 Å². The molecule has 0 amide bonds. The van der Waals surface area contributed by atoms with Crippen molar-refractivity contribution in [3.63, 3.8) is 0 Å². The molecule has 0 bridgehead atoms. The Hall–Kier alpha value is -3.14. The minimum atomic E-state index is -4.29. The lowest BCUT2D eigenvalue weighted by Gasteiger charge is -2.13. The Balaban J connectivity index is 2.53. The van der Waals surface area contributed by atoms with Gasteiger partial charge in [-0.15, -0.1) is 0 Å². The number of phenols is 1. The highest BCUT2D eigenvalue weighted by molar-refractivity contribution is 7.92. The van der Waals surface area contributed by atoms with E-state index in [1.807, 2.05) is 0 Å². The molecule has 0 aromatic heterocycles. The van der Waals surface area contributed by atoms with Crippen molar-refractivity contribution >= 4 is 27.4 Å². The van der Waals surface area contributed by atoms with Gasteiger partial charge < -0.3 is 10.2 Å². The van der Waals surface area contributed by atoms with Gasteiger partial charge in [-0.3, -0.25) is 14.8 Å². The van der Waals surface area contributed by atoms with E-state index in [-0.39, 0.29) is 11.3 Å². The van der Waals surface area contributed by atoms with Gasteiger partial charge in [0.15, 0.2) is 5.75 Å². The highest BCUT2D eigenvalue weighted by Gasteiger charge is 2.23. The number of rotatable bonds is 5. The minimum Gasteiger partial charge on any atom is -0.502 e. The van der Waals surface area contributed by atoms with Crippen molar-refractivity contribution in [2.24, 2.45) is 0 Å². The molecule has 3 N–H and O–H groups in total. The number of aryl methyl sites for hydroxylation is 1. The molecule has 9 nitrogen and oxygen atoms in total. The van der Waals surface area contributed by atoms with Crippen LogP contribution in [0.2, 0.25) is 0 Å². The van der Waals surface area contributed by atoms with E-state index in [1.165, 1.54) is 25.1 Å². The molecule has 0 fully saturated rings. The summed E-state index contributed by atoms with van der Waals surface area (Å²) in [4.78, 5) is 20.6. The van der Waals surface area contributed by atoms with Gasteiger partial charge >= 0.3 is 11.7 Å². The smallest absolute Gasteiger partial charge is 0.337 e. The van der Waals surface area contributed by atoms with Crippen LogP contribution in [0.15, 0.2) is 41.3 Å². The molecule has 0 saturated carbocycles. The summed E-state index contributed by atoms with van der Waals surface area (Å²) in [6, 6.07) is 6.75. The largest absolute Gasteiger partial charge is 0.502 e. The Morgan fingerprint density at radius 1 is 1.25 bits per heavy atom. The second kappa shape index (κ2) is 6.16. The van der Waals surface area contributed by atoms with Crippen molar-refractivity contribution in [2.45, 2.75) is 11.8 Å². The molecule has 0 aliphatic heterocycles. The topological polar surface area (TPSA) is 147 Å². The van der Waals surface area contributed by atoms with E-state index in [9.17, 15) is 28.4 Å². The summed E-state index contributed by atoms with van der Waals surface area (Å²) in [6.07, 6.45) is 0. The lowest BCUT2D eigenvalue weighted by Crippen LogP contribution is -2.16. The first kappa shape index (κ1) is 17.2. The van der Waals surface area contributed by atoms with E-state index in [0.717, 1.165) is 12.1 Å². The molecule has 24 heavy (non-hydrogen) atoms. The fourth-order valence-corrected chi connectivity index (χ4v) is 3.16. The summed E-state index contributed by atoms with van der Waals surface area (Å²) in [5.74, 6) is -2.01. The fourth-order valence-electron chi connectivity index (χ4n) is 1.99. The molecule has 2 aromatic rings. The van der Waals surface area contributed by atoms with Crippen molar-refractivity contribution in [3.8, 4) is 5.75 Å². The number of aromatic carboxylic acids is 1. The van der Waals surface area contributed by atoms with E-state index in [1.54, 1.807) is 0 Å². The first-order valence-corrected chi connectivity index (χ1v) is 7.95. The van der Waals surface area contributed by atoms with Gasteiger partial charge in [0.1, 0.15) is 0 Å². The van der Waals surface area contributed by atoms with Crippen LogP contribution in [0, 0.1) is 17.0 Å². The van der Waals surface area contributed by atoms with Crippen LogP contribution in [0.5, 0.6) is 5.75 Å². The predicted molar refractivity (Wildman–Crippen MR) is 83.7 cm³/mol. The third-order valence-electron chi connectivity index (χ3n) is 3.19. The second-order valence-electron chi connectivity index (χ2n) is 4.82. The maximum absolute atomic E-state index is 12.4. The summed E-state index contributed by atoms with van der Waals surface area (Å²) in [5, 5.41) is 29.4. The normalized spacial score (nSPS) is 11.0. The number of hydrogen-bond acceptors (Lipinski definition) is 6. The van der Waals surface area contributed by atoms with Crippen molar-refractivity contribution in [3.05, 3.63) is 57.6 Å². The summed E-state index contributed by atoms with van der Waals surface area (Å²) < 4.78 is 26.9. The van der Waals surface area contributed by atoms with Gasteiger partial charge in [-0.05, 0) is 30.7 Å². The first-order valence-electron chi connectivity index (χ1n) is 6.46. The first-order chi connectivity index (χ1) is 11.1. The summed E-state index contributed by atoms with van der Waals surface area (Å²) in [6.45, 7) is 1.52. The zero-order valence-corrected chi connectivity index (χ0v) is 13.1. The number of carbonyl (C=O) groups is 1. The quantitative estimate of drug-likeness (QED) is 0.551. The number of benzene rings is 2. The number of phenolic OH excluding ortho intramolecular Hbond substituents is 1. The molecule has 10 heteroatoms. The number of hydrogen-bond donors (Lipinski definition) is 3. The van der Waals surface area contributed by atoms with Crippen LogP contribution in [0.25, 0.3) is 0 Å². The SMILES string of the molecule is Cc1cccc(C(=O)O)c1NS(=O)(=O)c1ccc(O)c([N+](=O)[O-])c1. The highest BCUT2D eigenvalue weighted by Crippen LogP contribution is 2.30. The van der Waals surface area contributed by atoms with Crippen LogP contribution < -0.4 is 4.72 Å². The molecular formula is C14H12N2O7S. The number of para-hydroxylation sites is 1. The van der Waals surface area contributed by atoms with Gasteiger partial charge in [0.05, 0.1) is 21.1 Å². The number of anilines is 1. The van der Waals surface area contributed by atoms with E-state index < -0.39 is 37.2 Å². The van der Waals surface area contributed by atoms with Crippen molar-refractivity contribution in [2.75, 3.05) is 4.72 Å². The zero-order chi connectivity index (χ0) is 18.1. The number of aromatic hydroxyl groups is 1. The van der Waals surface area contributed by atoms with Crippen LogP contribution in [0.1, 0.15) is 15.9 Å². The molecule has 0 heterocycles. The molecule has 2 rings (SSSR count). The van der Waals surface area contributed by atoms with Crippen molar-refractivity contribution in [1.82, 2.24) is 0 Å². The van der Waals surface area contributed by atoms with Gasteiger partial charge in [-0.2, -0.15) is 0 Å².